The molecule has 0 unspecified atom stereocenters. The topological polar surface area (TPSA) is 80.1 Å². The first kappa shape index (κ1) is 13.7. The summed E-state index contributed by atoms with van der Waals surface area (Å²) in [7, 11) is 1.67. The molecule has 1 aromatic heterocycles. The van der Waals surface area contributed by atoms with Gasteiger partial charge in [0.1, 0.15) is 5.76 Å². The number of nitrogens with zero attached hydrogens (tertiary/aromatic N) is 2. The van der Waals surface area contributed by atoms with E-state index >= 15 is 0 Å². The maximum absolute atomic E-state index is 12.4. The van der Waals surface area contributed by atoms with E-state index in [2.05, 4.69) is 0 Å². The molecule has 112 valence electrons. The first-order valence-electron chi connectivity index (χ1n) is 6.74. The lowest BCUT2D eigenvalue weighted by Crippen LogP contribution is -2.39. The molecular weight excluding hydrogens is 276 g/mol. The van der Waals surface area contributed by atoms with Crippen LogP contribution in [0.4, 0.5) is 4.79 Å². The monoisotopic (exact) mass is 292 g/mol. The predicted octanol–water partition coefficient (Wildman–Crippen LogP) is 0.615. The van der Waals surface area contributed by atoms with E-state index in [1.807, 2.05) is 0 Å². The van der Waals surface area contributed by atoms with E-state index < -0.39 is 5.60 Å². The van der Waals surface area contributed by atoms with E-state index in [1.165, 1.54) is 17.0 Å². The van der Waals surface area contributed by atoms with E-state index in [0.29, 0.717) is 31.8 Å². The molecule has 7 heteroatoms. The van der Waals surface area contributed by atoms with Crippen molar-refractivity contribution in [2.75, 3.05) is 26.7 Å². The Hall–Kier alpha value is -2.31. The average Bonchev–Trinajstić information content (AvgIpc) is 2.92. The van der Waals surface area contributed by atoms with Gasteiger partial charge in [0.15, 0.2) is 16.8 Å². The van der Waals surface area contributed by atoms with E-state index in [9.17, 15) is 14.4 Å². The van der Waals surface area contributed by atoms with Crippen LogP contribution in [0.5, 0.6) is 0 Å². The van der Waals surface area contributed by atoms with Crippen molar-refractivity contribution in [1.82, 2.24) is 9.80 Å². The third kappa shape index (κ3) is 2.39. The Morgan fingerprint density at radius 1 is 1.29 bits per heavy atom. The third-order valence-electron chi connectivity index (χ3n) is 3.84. The van der Waals surface area contributed by atoms with Gasteiger partial charge >= 0.3 is 6.09 Å². The molecule has 0 N–H and O–H groups in total. The van der Waals surface area contributed by atoms with Crippen LogP contribution in [-0.2, 0) is 4.74 Å². The van der Waals surface area contributed by atoms with Crippen LogP contribution in [0.1, 0.15) is 22.7 Å². The Balaban J connectivity index is 1.79. The summed E-state index contributed by atoms with van der Waals surface area (Å²) >= 11 is 0. The van der Waals surface area contributed by atoms with Crippen molar-refractivity contribution in [1.29, 1.82) is 0 Å². The summed E-state index contributed by atoms with van der Waals surface area (Å²) in [6.07, 6.45) is 0.219. The van der Waals surface area contributed by atoms with E-state index in [-0.39, 0.29) is 23.2 Å². The molecule has 2 fully saturated rings. The second-order valence-corrected chi connectivity index (χ2v) is 5.65. The molecule has 0 aliphatic carbocycles. The van der Waals surface area contributed by atoms with Gasteiger partial charge in [-0.05, 0) is 6.92 Å². The first-order valence-corrected chi connectivity index (χ1v) is 6.74. The molecular formula is C14H16N2O5. The molecule has 1 spiro atoms. The summed E-state index contributed by atoms with van der Waals surface area (Å²) < 4.78 is 10.7. The standard InChI is InChI=1S/C14H16N2O5/c1-9-5-10(17)6-11(20-9)12(18)16-4-3-14(8-16)7-15(2)13(19)21-14/h5-6H,3-4,7-8H2,1-2H3/t14-/m1/s1. The summed E-state index contributed by atoms with van der Waals surface area (Å²) in [5.74, 6) is 0.0693. The van der Waals surface area contributed by atoms with Gasteiger partial charge in [-0.2, -0.15) is 0 Å². The largest absolute Gasteiger partial charge is 0.456 e. The van der Waals surface area contributed by atoms with Gasteiger partial charge in [-0.1, -0.05) is 0 Å². The molecule has 3 heterocycles. The number of aryl methyl sites for hydroxylation is 1. The van der Waals surface area contributed by atoms with Crippen molar-refractivity contribution in [2.24, 2.45) is 0 Å². The minimum absolute atomic E-state index is 0.0229. The van der Waals surface area contributed by atoms with Gasteiger partial charge in [0.2, 0.25) is 0 Å². The number of hydrogen-bond donors (Lipinski definition) is 0. The molecule has 1 atom stereocenters. The summed E-state index contributed by atoms with van der Waals surface area (Å²) in [6.45, 7) is 2.88. The fourth-order valence-corrected chi connectivity index (χ4v) is 2.89. The molecule has 0 radical (unpaired) electrons. The third-order valence-corrected chi connectivity index (χ3v) is 3.84. The zero-order chi connectivity index (χ0) is 15.2. The van der Waals surface area contributed by atoms with Gasteiger partial charge in [-0.25, -0.2) is 4.79 Å². The van der Waals surface area contributed by atoms with Crippen molar-refractivity contribution in [2.45, 2.75) is 18.9 Å². The summed E-state index contributed by atoms with van der Waals surface area (Å²) in [5, 5.41) is 0. The maximum Gasteiger partial charge on any atom is 0.410 e. The molecule has 0 aromatic carbocycles. The molecule has 3 rings (SSSR count). The Morgan fingerprint density at radius 3 is 2.67 bits per heavy atom. The highest BCUT2D eigenvalue weighted by atomic mass is 16.6. The molecule has 0 bridgehead atoms. The number of carbonyl (C=O) groups excluding carboxylic acids is 2. The first-order chi connectivity index (χ1) is 9.88. The van der Waals surface area contributed by atoms with Crippen LogP contribution in [0, 0.1) is 6.92 Å². The van der Waals surface area contributed by atoms with Crippen molar-refractivity contribution < 1.29 is 18.7 Å². The van der Waals surface area contributed by atoms with Crippen LogP contribution in [0.15, 0.2) is 21.3 Å². The Morgan fingerprint density at radius 2 is 2.05 bits per heavy atom. The highest BCUT2D eigenvalue weighted by molar-refractivity contribution is 5.91. The number of ether oxygens (including phenoxy) is 1. The quantitative estimate of drug-likeness (QED) is 0.758. The normalized spacial score (nSPS) is 24.8. The highest BCUT2D eigenvalue weighted by Crippen LogP contribution is 2.32. The molecule has 21 heavy (non-hydrogen) atoms. The second kappa shape index (κ2) is 4.61. The minimum Gasteiger partial charge on any atom is -0.456 e. The highest BCUT2D eigenvalue weighted by Gasteiger charge is 2.49. The number of amides is 2. The number of likely N-dealkylation sites (tertiary alicyclic amines) is 1. The number of carbonyl (C=O) groups is 2. The van der Waals surface area contributed by atoms with Crippen molar-refractivity contribution in [3.63, 3.8) is 0 Å². The predicted molar refractivity (Wildman–Crippen MR) is 72.1 cm³/mol. The van der Waals surface area contributed by atoms with Gasteiger partial charge < -0.3 is 19.0 Å². The molecule has 2 amide bonds. The van der Waals surface area contributed by atoms with Crippen LogP contribution in [0.3, 0.4) is 0 Å². The SMILES string of the molecule is Cc1cc(=O)cc(C(=O)N2CC[C@@]3(CN(C)C(=O)O3)C2)o1. The van der Waals surface area contributed by atoms with Crippen LogP contribution in [0.25, 0.3) is 0 Å². The van der Waals surface area contributed by atoms with E-state index in [4.69, 9.17) is 9.15 Å². The second-order valence-electron chi connectivity index (χ2n) is 5.65. The smallest absolute Gasteiger partial charge is 0.410 e. The molecule has 0 saturated carbocycles. The average molecular weight is 292 g/mol. The summed E-state index contributed by atoms with van der Waals surface area (Å²) in [5.41, 5.74) is -0.894. The number of rotatable bonds is 1. The lowest BCUT2D eigenvalue weighted by atomic mass is 10.0. The summed E-state index contributed by atoms with van der Waals surface area (Å²) in [4.78, 5) is 38.4. The van der Waals surface area contributed by atoms with Crippen LogP contribution in [0.2, 0.25) is 0 Å². The minimum atomic E-state index is -0.633. The van der Waals surface area contributed by atoms with Gasteiger partial charge in [-0.3, -0.25) is 9.59 Å². The van der Waals surface area contributed by atoms with Crippen molar-refractivity contribution in [3.05, 3.63) is 33.9 Å². The zero-order valence-corrected chi connectivity index (χ0v) is 11.9. The van der Waals surface area contributed by atoms with E-state index in [0.717, 1.165) is 0 Å². The molecule has 7 nitrogen and oxygen atoms in total. The molecule has 2 aliphatic rings. The van der Waals surface area contributed by atoms with Crippen LogP contribution >= 0.6 is 0 Å². The van der Waals surface area contributed by atoms with Gasteiger partial charge in [-0.15, -0.1) is 0 Å². The van der Waals surface area contributed by atoms with Gasteiger partial charge in [0, 0.05) is 32.1 Å². The fraction of sp³-hybridized carbons (Fsp3) is 0.500. The van der Waals surface area contributed by atoms with Gasteiger partial charge in [0.25, 0.3) is 5.91 Å². The van der Waals surface area contributed by atoms with Crippen molar-refractivity contribution in [3.8, 4) is 0 Å². The Kier molecular flexibility index (Phi) is 3.00. The van der Waals surface area contributed by atoms with Crippen LogP contribution in [-0.4, -0.2) is 54.1 Å². The molecule has 1 aromatic rings. The zero-order valence-electron chi connectivity index (χ0n) is 11.9. The van der Waals surface area contributed by atoms with E-state index in [1.54, 1.807) is 18.9 Å². The number of likely N-dealkylation sites (N-methyl/N-ethyl adjacent to an activating group) is 1. The Bertz CT molecular complexity index is 668. The maximum atomic E-state index is 12.4. The lowest BCUT2D eigenvalue weighted by molar-refractivity contribution is 0.0537. The molecule has 2 saturated heterocycles. The Labute approximate surface area is 121 Å². The van der Waals surface area contributed by atoms with Crippen LogP contribution < -0.4 is 5.43 Å². The fourth-order valence-electron chi connectivity index (χ4n) is 2.89. The van der Waals surface area contributed by atoms with Crippen molar-refractivity contribution >= 4 is 12.0 Å². The number of hydrogen-bond acceptors (Lipinski definition) is 5. The van der Waals surface area contributed by atoms with Gasteiger partial charge in [0.05, 0.1) is 13.1 Å². The molecule has 2 aliphatic heterocycles. The summed E-state index contributed by atoms with van der Waals surface area (Å²) in [6, 6.07) is 2.52. The lowest BCUT2D eigenvalue weighted by Gasteiger charge is -2.21.